The Morgan fingerprint density at radius 1 is 1.08 bits per heavy atom. The monoisotopic (exact) mass is 176 g/mol. The van der Waals surface area contributed by atoms with Crippen LogP contribution in [-0.2, 0) is 0 Å². The van der Waals surface area contributed by atoms with Crippen LogP contribution in [-0.4, -0.2) is 0 Å². The molecule has 0 spiro atoms. The van der Waals surface area contributed by atoms with Crippen LogP contribution < -0.4 is 0 Å². The van der Waals surface area contributed by atoms with Gasteiger partial charge < -0.3 is 0 Å². The molecule has 0 bridgehead atoms. The molecule has 13 heavy (non-hydrogen) atoms. The molecule has 0 aromatic rings. The molecule has 0 radical (unpaired) electrons. The third-order valence-corrected chi connectivity index (χ3v) is 1.67. The van der Waals surface area contributed by atoms with E-state index in [4.69, 9.17) is 0 Å². The Morgan fingerprint density at radius 2 is 1.77 bits per heavy atom. The highest BCUT2D eigenvalue weighted by Gasteiger charge is 1.75. The molecule has 0 unspecified atom stereocenters. The van der Waals surface area contributed by atoms with Crippen LogP contribution in [0.1, 0.15) is 34.1 Å². The topological polar surface area (TPSA) is 0 Å². The minimum absolute atomic E-state index is 1.01. The molecule has 0 aliphatic heterocycles. The van der Waals surface area contributed by atoms with E-state index in [0.717, 1.165) is 6.42 Å². The first-order valence-corrected chi connectivity index (χ1v) is 4.76. The van der Waals surface area contributed by atoms with Gasteiger partial charge in [-0.3, -0.25) is 0 Å². The summed E-state index contributed by atoms with van der Waals surface area (Å²) >= 11 is 0. The van der Waals surface area contributed by atoms with Crippen molar-refractivity contribution in [3.05, 3.63) is 47.6 Å². The third-order valence-electron chi connectivity index (χ3n) is 1.67. The predicted octanol–water partition coefficient (Wildman–Crippen LogP) is 4.42. The molecule has 0 saturated heterocycles. The second-order valence-corrected chi connectivity index (χ2v) is 3.34. The van der Waals surface area contributed by atoms with E-state index in [-0.39, 0.29) is 0 Å². The molecule has 0 N–H and O–H groups in total. The highest BCUT2D eigenvalue weighted by molar-refractivity contribution is 5.16. The van der Waals surface area contributed by atoms with Crippen molar-refractivity contribution >= 4 is 0 Å². The van der Waals surface area contributed by atoms with Crippen molar-refractivity contribution < 1.29 is 0 Å². The highest BCUT2D eigenvalue weighted by atomic mass is 13.8. The Morgan fingerprint density at radius 3 is 2.31 bits per heavy atom. The van der Waals surface area contributed by atoms with Crippen LogP contribution in [0.5, 0.6) is 0 Å². The summed E-state index contributed by atoms with van der Waals surface area (Å²) in [5.74, 6) is 0. The fourth-order valence-electron chi connectivity index (χ4n) is 0.768. The molecule has 0 aromatic carbocycles. The van der Waals surface area contributed by atoms with Crippen LogP contribution >= 0.6 is 0 Å². The number of allylic oxidation sites excluding steroid dienone is 8. The lowest BCUT2D eigenvalue weighted by Gasteiger charge is -1.86. The summed E-state index contributed by atoms with van der Waals surface area (Å²) in [6.45, 7) is 8.36. The van der Waals surface area contributed by atoms with Crippen molar-refractivity contribution in [2.75, 3.05) is 0 Å². The van der Waals surface area contributed by atoms with Crippen molar-refractivity contribution in [2.24, 2.45) is 0 Å². The highest BCUT2D eigenvalue weighted by Crippen LogP contribution is 1.96. The lowest BCUT2D eigenvalue weighted by atomic mass is 10.2. The normalized spacial score (nSPS) is 12.8. The summed E-state index contributed by atoms with van der Waals surface area (Å²) < 4.78 is 0. The van der Waals surface area contributed by atoms with Gasteiger partial charge in [-0.2, -0.15) is 0 Å². The van der Waals surface area contributed by atoms with Crippen LogP contribution in [0, 0.1) is 0 Å². The molecule has 0 aromatic heterocycles. The summed E-state index contributed by atoms with van der Waals surface area (Å²) in [6, 6.07) is 0. The molecule has 0 fully saturated rings. The van der Waals surface area contributed by atoms with Crippen molar-refractivity contribution in [1.82, 2.24) is 0 Å². The molecule has 72 valence electrons. The molecule has 0 atom stereocenters. The lowest BCUT2D eigenvalue weighted by molar-refractivity contribution is 1.35. The van der Waals surface area contributed by atoms with E-state index in [9.17, 15) is 0 Å². The van der Waals surface area contributed by atoms with Gasteiger partial charge in [0, 0.05) is 0 Å². The van der Waals surface area contributed by atoms with Crippen LogP contribution in [0.2, 0.25) is 0 Å². The first kappa shape index (κ1) is 12.0. The van der Waals surface area contributed by atoms with Gasteiger partial charge in [0.05, 0.1) is 0 Å². The largest absolute Gasteiger partial charge is 0.0847 e. The van der Waals surface area contributed by atoms with Crippen molar-refractivity contribution in [1.29, 1.82) is 0 Å². The van der Waals surface area contributed by atoms with Crippen molar-refractivity contribution in [3.63, 3.8) is 0 Å². The van der Waals surface area contributed by atoms with E-state index in [1.807, 2.05) is 0 Å². The smallest absolute Gasteiger partial charge is 0.0163 e. The van der Waals surface area contributed by atoms with Crippen LogP contribution in [0.15, 0.2) is 47.6 Å². The van der Waals surface area contributed by atoms with Gasteiger partial charge in [0.2, 0.25) is 0 Å². The van der Waals surface area contributed by atoms with Crippen LogP contribution in [0.4, 0.5) is 0 Å². The van der Waals surface area contributed by atoms with Gasteiger partial charge in [0.25, 0.3) is 0 Å². The fourth-order valence-corrected chi connectivity index (χ4v) is 0.768. The summed E-state index contributed by atoms with van der Waals surface area (Å²) in [6.07, 6.45) is 13.8. The van der Waals surface area contributed by atoms with Crippen molar-refractivity contribution in [3.8, 4) is 0 Å². The predicted molar refractivity (Wildman–Crippen MR) is 61.8 cm³/mol. The number of hydrogen-bond donors (Lipinski definition) is 0. The lowest BCUT2D eigenvalue weighted by Crippen LogP contribution is -1.65. The summed E-state index contributed by atoms with van der Waals surface area (Å²) in [7, 11) is 0. The van der Waals surface area contributed by atoms with Crippen molar-refractivity contribution in [2.45, 2.75) is 34.1 Å². The molecule has 0 heteroatoms. The van der Waals surface area contributed by atoms with Gasteiger partial charge >= 0.3 is 0 Å². The maximum absolute atomic E-state index is 2.17. The molecule has 0 aliphatic rings. The molecule has 0 heterocycles. The van der Waals surface area contributed by atoms with Crippen LogP contribution in [0.25, 0.3) is 0 Å². The summed E-state index contributed by atoms with van der Waals surface area (Å²) in [4.78, 5) is 0. The quantitative estimate of drug-likeness (QED) is 0.556. The second-order valence-electron chi connectivity index (χ2n) is 3.34. The summed E-state index contributed by atoms with van der Waals surface area (Å²) in [5.41, 5.74) is 2.65. The van der Waals surface area contributed by atoms with Gasteiger partial charge in [-0.05, 0) is 34.1 Å². The maximum Gasteiger partial charge on any atom is -0.0163 e. The molecule has 0 saturated carbocycles. The molecule has 0 nitrogen and oxygen atoms in total. The molecule has 0 aliphatic carbocycles. The zero-order chi connectivity index (χ0) is 10.1. The first-order valence-electron chi connectivity index (χ1n) is 4.76. The standard InChI is InChI=1S/C13H20/c1-5-13(4)11-9-7-6-8-10-12(2)3/h5-6,8-11H,7H2,1-4H3/b8-6-,11-9-,13-5+. The third kappa shape index (κ3) is 8.87. The van der Waals surface area contributed by atoms with Crippen LogP contribution in [0.3, 0.4) is 0 Å². The van der Waals surface area contributed by atoms with E-state index < -0.39 is 0 Å². The van der Waals surface area contributed by atoms with E-state index in [0.29, 0.717) is 0 Å². The van der Waals surface area contributed by atoms with Gasteiger partial charge in [0.15, 0.2) is 0 Å². The first-order chi connectivity index (χ1) is 6.16. The Balaban J connectivity index is 3.74. The minimum Gasteiger partial charge on any atom is -0.0847 e. The Bertz CT molecular complexity index is 233. The van der Waals surface area contributed by atoms with E-state index in [1.54, 1.807) is 0 Å². The maximum atomic E-state index is 2.17. The van der Waals surface area contributed by atoms with E-state index in [1.165, 1.54) is 11.1 Å². The zero-order valence-corrected chi connectivity index (χ0v) is 9.17. The van der Waals surface area contributed by atoms with E-state index >= 15 is 0 Å². The zero-order valence-electron chi connectivity index (χ0n) is 9.17. The molecular weight excluding hydrogens is 156 g/mol. The fraction of sp³-hybridized carbons (Fsp3) is 0.385. The van der Waals surface area contributed by atoms with Gasteiger partial charge in [-0.25, -0.2) is 0 Å². The van der Waals surface area contributed by atoms with E-state index in [2.05, 4.69) is 64.2 Å². The number of rotatable bonds is 4. The Kier molecular flexibility index (Phi) is 6.99. The minimum atomic E-state index is 1.01. The van der Waals surface area contributed by atoms with Gasteiger partial charge in [-0.1, -0.05) is 47.6 Å². The molecular formula is C13H20. The molecule has 0 amide bonds. The SMILES string of the molecule is C/C=C(C)/C=C\C/C=C\C=C(C)C. The average molecular weight is 176 g/mol. The molecule has 0 rings (SSSR count). The Hall–Kier alpha value is -1.04. The Labute approximate surface area is 82.4 Å². The number of hydrogen-bond acceptors (Lipinski definition) is 0. The second kappa shape index (κ2) is 7.60. The van der Waals surface area contributed by atoms with Gasteiger partial charge in [0.1, 0.15) is 0 Å². The van der Waals surface area contributed by atoms with Gasteiger partial charge in [-0.15, -0.1) is 0 Å². The summed E-state index contributed by atoms with van der Waals surface area (Å²) in [5, 5.41) is 0. The average Bonchev–Trinajstić information content (AvgIpc) is 2.10.